The van der Waals surface area contributed by atoms with Gasteiger partial charge in [-0.05, 0) is 68.6 Å². The Bertz CT molecular complexity index is 605. The Morgan fingerprint density at radius 1 is 0.952 bits per heavy atom. The van der Waals surface area contributed by atoms with Gasteiger partial charge in [-0.1, -0.05) is 42.4 Å². The molecule has 0 saturated carbocycles. The number of rotatable bonds is 6. The van der Waals surface area contributed by atoms with Crippen LogP contribution in [0.25, 0.3) is 0 Å². The van der Waals surface area contributed by atoms with Gasteiger partial charge in [0.1, 0.15) is 0 Å². The lowest BCUT2D eigenvalue weighted by Crippen LogP contribution is -2.14. The Morgan fingerprint density at radius 2 is 1.76 bits per heavy atom. The van der Waals surface area contributed by atoms with Gasteiger partial charge in [0.05, 0.1) is 0 Å². The van der Waals surface area contributed by atoms with Gasteiger partial charge >= 0.3 is 0 Å². The topological polar surface area (TPSA) is 12.0 Å². The van der Waals surface area contributed by atoms with Crippen LogP contribution in [0.2, 0.25) is 0 Å². The van der Waals surface area contributed by atoms with Crippen LogP contribution in [-0.2, 0) is 6.54 Å². The van der Waals surface area contributed by atoms with Gasteiger partial charge in [-0.3, -0.25) is 0 Å². The quantitative estimate of drug-likeness (QED) is 0.730. The summed E-state index contributed by atoms with van der Waals surface area (Å²) in [5.74, 6) is 0. The van der Waals surface area contributed by atoms with E-state index in [0.717, 1.165) is 13.1 Å². The average Bonchev–Trinajstić information content (AvgIpc) is 2.46. The van der Waals surface area contributed by atoms with E-state index in [1.54, 1.807) is 0 Å². The van der Waals surface area contributed by atoms with Gasteiger partial charge in [-0.25, -0.2) is 0 Å². The van der Waals surface area contributed by atoms with Crippen molar-refractivity contribution in [1.29, 1.82) is 0 Å². The molecule has 0 saturated heterocycles. The number of aryl methyl sites for hydroxylation is 3. The van der Waals surface area contributed by atoms with E-state index >= 15 is 0 Å². The van der Waals surface area contributed by atoms with Crippen molar-refractivity contribution in [3.63, 3.8) is 0 Å². The Balaban J connectivity index is 2.19. The average molecular weight is 299 g/mol. The molecule has 0 fully saturated rings. The Kier molecular flexibility index (Phi) is 5.89. The van der Waals surface area contributed by atoms with Crippen LogP contribution in [0.1, 0.15) is 35.6 Å². The molecule has 0 heterocycles. The maximum Gasteiger partial charge on any atom is 0.0216 e. The number of hydrogen-bond acceptors (Lipinski definition) is 2. The van der Waals surface area contributed by atoms with Gasteiger partial charge < -0.3 is 5.32 Å². The van der Waals surface area contributed by atoms with Crippen LogP contribution in [0.4, 0.5) is 0 Å². The van der Waals surface area contributed by atoms with Crippen molar-refractivity contribution < 1.29 is 0 Å². The summed E-state index contributed by atoms with van der Waals surface area (Å²) in [4.78, 5) is 2.67. The molecule has 0 aliphatic carbocycles. The molecule has 1 N–H and O–H groups in total. The minimum absolute atomic E-state index is 0.947. The predicted octanol–water partition coefficient (Wildman–Crippen LogP) is 5.26. The fraction of sp³-hybridized carbons (Fsp3) is 0.368. The maximum absolute atomic E-state index is 3.51. The van der Waals surface area contributed by atoms with Gasteiger partial charge in [-0.2, -0.15) is 0 Å². The molecule has 0 aliphatic heterocycles. The fourth-order valence-electron chi connectivity index (χ4n) is 2.25. The van der Waals surface area contributed by atoms with Crippen LogP contribution in [-0.4, -0.2) is 6.54 Å². The third kappa shape index (κ3) is 4.62. The Hall–Kier alpha value is -1.25. The van der Waals surface area contributed by atoms with Gasteiger partial charge in [0.15, 0.2) is 0 Å². The van der Waals surface area contributed by atoms with Crippen molar-refractivity contribution in [3.05, 3.63) is 58.7 Å². The number of hydrogen-bond donors (Lipinski definition) is 1. The van der Waals surface area contributed by atoms with Crippen LogP contribution in [0.15, 0.2) is 46.2 Å². The third-order valence-corrected chi connectivity index (χ3v) is 4.77. The highest BCUT2D eigenvalue weighted by Gasteiger charge is 2.06. The summed E-state index contributed by atoms with van der Waals surface area (Å²) in [5, 5.41) is 3.51. The van der Waals surface area contributed by atoms with Crippen LogP contribution >= 0.6 is 11.8 Å². The highest BCUT2D eigenvalue weighted by molar-refractivity contribution is 7.99. The van der Waals surface area contributed by atoms with Gasteiger partial charge in [-0.15, -0.1) is 0 Å². The van der Waals surface area contributed by atoms with E-state index in [1.807, 2.05) is 11.8 Å². The number of benzene rings is 2. The van der Waals surface area contributed by atoms with Crippen molar-refractivity contribution in [2.75, 3.05) is 6.54 Å². The minimum Gasteiger partial charge on any atom is -0.313 e. The normalized spacial score (nSPS) is 10.9. The predicted molar refractivity (Wildman–Crippen MR) is 93.2 cm³/mol. The molecule has 112 valence electrons. The van der Waals surface area contributed by atoms with Gasteiger partial charge in [0.2, 0.25) is 0 Å². The lowest BCUT2D eigenvalue weighted by molar-refractivity contribution is 0.669. The zero-order chi connectivity index (χ0) is 15.2. The molecule has 2 heteroatoms. The zero-order valence-corrected chi connectivity index (χ0v) is 14.3. The molecule has 2 rings (SSSR count). The molecule has 0 bridgehead atoms. The molecule has 2 aromatic rings. The largest absolute Gasteiger partial charge is 0.313 e. The van der Waals surface area contributed by atoms with Crippen molar-refractivity contribution in [1.82, 2.24) is 5.32 Å². The van der Waals surface area contributed by atoms with Crippen LogP contribution < -0.4 is 5.32 Å². The zero-order valence-electron chi connectivity index (χ0n) is 13.5. The van der Waals surface area contributed by atoms with Gasteiger partial charge in [0, 0.05) is 16.3 Å². The summed E-state index contributed by atoms with van der Waals surface area (Å²) in [6.07, 6.45) is 1.17. The molecular weight excluding hydrogens is 274 g/mol. The van der Waals surface area contributed by atoms with Crippen molar-refractivity contribution >= 4 is 11.8 Å². The first-order valence-electron chi connectivity index (χ1n) is 7.65. The van der Waals surface area contributed by atoms with E-state index in [4.69, 9.17) is 0 Å². The van der Waals surface area contributed by atoms with E-state index in [1.165, 1.54) is 38.5 Å². The summed E-state index contributed by atoms with van der Waals surface area (Å²) in [6, 6.07) is 13.5. The van der Waals surface area contributed by atoms with Crippen molar-refractivity contribution in [3.8, 4) is 0 Å². The molecule has 2 aromatic carbocycles. The van der Waals surface area contributed by atoms with E-state index in [9.17, 15) is 0 Å². The fourth-order valence-corrected chi connectivity index (χ4v) is 3.27. The molecule has 0 unspecified atom stereocenters. The maximum atomic E-state index is 3.51. The first-order chi connectivity index (χ1) is 10.1. The summed E-state index contributed by atoms with van der Waals surface area (Å²) < 4.78 is 0. The highest BCUT2D eigenvalue weighted by Crippen LogP contribution is 2.32. The van der Waals surface area contributed by atoms with Gasteiger partial charge in [0.25, 0.3) is 0 Å². The number of nitrogens with one attached hydrogen (secondary N) is 1. The van der Waals surface area contributed by atoms with Crippen LogP contribution in [0.3, 0.4) is 0 Å². The summed E-state index contributed by atoms with van der Waals surface area (Å²) in [7, 11) is 0. The monoisotopic (exact) mass is 299 g/mol. The van der Waals surface area contributed by atoms with E-state index in [0.29, 0.717) is 0 Å². The standard InChI is InChI=1S/C19H25NS/c1-5-10-20-13-17-11-14(2)6-9-19(17)21-18-8-7-15(3)16(4)12-18/h6-9,11-12,20H,5,10,13H2,1-4H3. The second-order valence-electron chi connectivity index (χ2n) is 5.64. The molecule has 21 heavy (non-hydrogen) atoms. The third-order valence-electron chi connectivity index (χ3n) is 3.66. The lowest BCUT2D eigenvalue weighted by atomic mass is 10.1. The molecule has 0 radical (unpaired) electrons. The van der Waals surface area contributed by atoms with Crippen LogP contribution in [0, 0.1) is 20.8 Å². The first kappa shape index (κ1) is 16.1. The summed E-state index contributed by atoms with van der Waals surface area (Å²) in [6.45, 7) is 10.7. The first-order valence-corrected chi connectivity index (χ1v) is 8.47. The van der Waals surface area contributed by atoms with E-state index in [-0.39, 0.29) is 0 Å². The van der Waals surface area contributed by atoms with Crippen LogP contribution in [0.5, 0.6) is 0 Å². The molecular formula is C19H25NS. The second-order valence-corrected chi connectivity index (χ2v) is 6.75. The lowest BCUT2D eigenvalue weighted by Gasteiger charge is -2.12. The second kappa shape index (κ2) is 7.67. The Morgan fingerprint density at radius 3 is 2.48 bits per heavy atom. The summed E-state index contributed by atoms with van der Waals surface area (Å²) >= 11 is 1.86. The highest BCUT2D eigenvalue weighted by atomic mass is 32.2. The molecule has 0 atom stereocenters. The van der Waals surface area contributed by atoms with Crippen molar-refractivity contribution in [2.45, 2.75) is 50.5 Å². The molecule has 0 spiro atoms. The molecule has 0 aliphatic rings. The van der Waals surface area contributed by atoms with Crippen molar-refractivity contribution in [2.24, 2.45) is 0 Å². The van der Waals surface area contributed by atoms with E-state index in [2.05, 4.69) is 69.4 Å². The molecule has 1 nitrogen and oxygen atoms in total. The Labute approximate surface area is 133 Å². The minimum atomic E-state index is 0.947. The molecule has 0 amide bonds. The summed E-state index contributed by atoms with van der Waals surface area (Å²) in [5.41, 5.74) is 5.44. The smallest absolute Gasteiger partial charge is 0.0216 e. The molecule has 0 aromatic heterocycles. The SMILES string of the molecule is CCCNCc1cc(C)ccc1Sc1ccc(C)c(C)c1. The van der Waals surface area contributed by atoms with E-state index < -0.39 is 0 Å².